The number of halogens is 1. The van der Waals surface area contributed by atoms with Crippen molar-refractivity contribution in [2.45, 2.75) is 13.3 Å². The fourth-order valence-corrected chi connectivity index (χ4v) is 1.46. The summed E-state index contributed by atoms with van der Waals surface area (Å²) in [7, 11) is 0. The lowest BCUT2D eigenvalue weighted by molar-refractivity contribution is 0.0985. The number of hydrogen-bond donors (Lipinski definition) is 0. The molecule has 0 N–H and O–H groups in total. The van der Waals surface area contributed by atoms with E-state index >= 15 is 0 Å². The van der Waals surface area contributed by atoms with E-state index in [2.05, 4.69) is 4.98 Å². The standard InChI is InChI=1S/C12H10ClNO2/c1-8(15)11-7-14-12(16-11)6-9-2-4-10(13)5-3-9/h2-5,7H,6H2,1H3. The highest BCUT2D eigenvalue weighted by molar-refractivity contribution is 6.30. The smallest absolute Gasteiger partial charge is 0.199 e. The van der Waals surface area contributed by atoms with Gasteiger partial charge in [-0.05, 0) is 17.7 Å². The van der Waals surface area contributed by atoms with Crippen LogP contribution in [0, 0.1) is 0 Å². The lowest BCUT2D eigenvalue weighted by Gasteiger charge is -1.97. The highest BCUT2D eigenvalue weighted by Gasteiger charge is 2.08. The Bertz CT molecular complexity index is 502. The molecule has 0 aliphatic heterocycles. The van der Waals surface area contributed by atoms with Crippen LogP contribution >= 0.6 is 11.6 Å². The van der Waals surface area contributed by atoms with Gasteiger partial charge in [0.2, 0.25) is 0 Å². The Kier molecular flexibility index (Phi) is 3.06. The molecule has 1 aromatic heterocycles. The number of rotatable bonds is 3. The van der Waals surface area contributed by atoms with Gasteiger partial charge in [0.1, 0.15) is 0 Å². The van der Waals surface area contributed by atoms with E-state index in [-0.39, 0.29) is 5.78 Å². The highest BCUT2D eigenvalue weighted by Crippen LogP contribution is 2.14. The van der Waals surface area contributed by atoms with Crippen molar-refractivity contribution >= 4 is 17.4 Å². The first-order chi connectivity index (χ1) is 7.65. The second-order valence-electron chi connectivity index (χ2n) is 3.48. The molecule has 1 aromatic carbocycles. The summed E-state index contributed by atoms with van der Waals surface area (Å²) in [5.74, 6) is 0.714. The Morgan fingerprint density at radius 1 is 1.38 bits per heavy atom. The normalized spacial score (nSPS) is 10.4. The zero-order valence-corrected chi connectivity index (χ0v) is 9.49. The molecule has 0 fully saturated rings. The van der Waals surface area contributed by atoms with Crippen molar-refractivity contribution in [1.82, 2.24) is 4.98 Å². The molecular formula is C12H10ClNO2. The summed E-state index contributed by atoms with van der Waals surface area (Å²) >= 11 is 5.78. The zero-order valence-electron chi connectivity index (χ0n) is 8.74. The van der Waals surface area contributed by atoms with Crippen LogP contribution in [0.4, 0.5) is 0 Å². The summed E-state index contributed by atoms with van der Waals surface area (Å²) in [6, 6.07) is 7.43. The molecule has 0 aliphatic rings. The van der Waals surface area contributed by atoms with Gasteiger partial charge in [-0.25, -0.2) is 4.98 Å². The average Bonchev–Trinajstić information content (AvgIpc) is 2.70. The number of carbonyl (C=O) groups is 1. The van der Waals surface area contributed by atoms with E-state index < -0.39 is 0 Å². The fraction of sp³-hybridized carbons (Fsp3) is 0.167. The first kappa shape index (κ1) is 10.9. The topological polar surface area (TPSA) is 43.1 Å². The highest BCUT2D eigenvalue weighted by atomic mass is 35.5. The Labute approximate surface area is 98.1 Å². The van der Waals surface area contributed by atoms with E-state index in [1.807, 2.05) is 24.3 Å². The van der Waals surface area contributed by atoms with Crippen molar-refractivity contribution < 1.29 is 9.21 Å². The van der Waals surface area contributed by atoms with Gasteiger partial charge >= 0.3 is 0 Å². The summed E-state index contributed by atoms with van der Waals surface area (Å²) < 4.78 is 5.29. The first-order valence-electron chi connectivity index (χ1n) is 4.85. The summed E-state index contributed by atoms with van der Waals surface area (Å²) in [5, 5.41) is 0.695. The molecule has 0 amide bonds. The molecule has 82 valence electrons. The Morgan fingerprint density at radius 2 is 2.06 bits per heavy atom. The summed E-state index contributed by atoms with van der Waals surface area (Å²) in [4.78, 5) is 15.0. The zero-order chi connectivity index (χ0) is 11.5. The van der Waals surface area contributed by atoms with Crippen molar-refractivity contribution in [1.29, 1.82) is 0 Å². The third-order valence-corrected chi connectivity index (χ3v) is 2.42. The molecule has 0 unspecified atom stereocenters. The SMILES string of the molecule is CC(=O)c1cnc(Cc2ccc(Cl)cc2)o1. The number of aromatic nitrogens is 1. The Balaban J connectivity index is 2.14. The van der Waals surface area contributed by atoms with Crippen LogP contribution < -0.4 is 0 Å². The van der Waals surface area contributed by atoms with Gasteiger partial charge in [0.05, 0.1) is 6.20 Å². The van der Waals surface area contributed by atoms with Crippen molar-refractivity contribution in [3.8, 4) is 0 Å². The van der Waals surface area contributed by atoms with Crippen LogP contribution in [0.15, 0.2) is 34.9 Å². The molecule has 2 rings (SSSR count). The van der Waals surface area contributed by atoms with E-state index in [4.69, 9.17) is 16.0 Å². The van der Waals surface area contributed by atoms with Crippen LogP contribution in [0.5, 0.6) is 0 Å². The quantitative estimate of drug-likeness (QED) is 0.768. The van der Waals surface area contributed by atoms with Gasteiger partial charge < -0.3 is 4.42 Å². The van der Waals surface area contributed by atoms with Gasteiger partial charge in [0.25, 0.3) is 0 Å². The van der Waals surface area contributed by atoms with Gasteiger partial charge in [-0.2, -0.15) is 0 Å². The van der Waals surface area contributed by atoms with Crippen LogP contribution in [-0.2, 0) is 6.42 Å². The molecule has 0 atom stereocenters. The first-order valence-corrected chi connectivity index (χ1v) is 5.23. The maximum atomic E-state index is 11.0. The number of benzene rings is 1. The number of hydrogen-bond acceptors (Lipinski definition) is 3. The van der Waals surface area contributed by atoms with Crippen molar-refractivity contribution in [2.24, 2.45) is 0 Å². The number of carbonyl (C=O) groups excluding carboxylic acids is 1. The molecule has 0 bridgehead atoms. The van der Waals surface area contributed by atoms with Crippen molar-refractivity contribution in [3.63, 3.8) is 0 Å². The number of oxazole rings is 1. The molecule has 2 aromatic rings. The second-order valence-corrected chi connectivity index (χ2v) is 3.91. The summed E-state index contributed by atoms with van der Waals surface area (Å²) in [5.41, 5.74) is 1.04. The molecular weight excluding hydrogens is 226 g/mol. The maximum absolute atomic E-state index is 11.0. The van der Waals surface area contributed by atoms with Crippen LogP contribution in [0.1, 0.15) is 28.9 Å². The van der Waals surface area contributed by atoms with Crippen LogP contribution in [0.2, 0.25) is 5.02 Å². The molecule has 0 radical (unpaired) electrons. The average molecular weight is 236 g/mol. The largest absolute Gasteiger partial charge is 0.437 e. The predicted molar refractivity (Wildman–Crippen MR) is 60.8 cm³/mol. The molecule has 16 heavy (non-hydrogen) atoms. The van der Waals surface area contributed by atoms with Gasteiger partial charge in [0, 0.05) is 18.4 Å². The monoisotopic (exact) mass is 235 g/mol. The van der Waals surface area contributed by atoms with E-state index in [9.17, 15) is 4.79 Å². The maximum Gasteiger partial charge on any atom is 0.199 e. The third kappa shape index (κ3) is 2.49. The number of nitrogens with zero attached hydrogens (tertiary/aromatic N) is 1. The summed E-state index contributed by atoms with van der Waals surface area (Å²) in [6.07, 6.45) is 2.01. The van der Waals surface area contributed by atoms with Crippen LogP contribution in [0.25, 0.3) is 0 Å². The Morgan fingerprint density at radius 3 is 2.62 bits per heavy atom. The van der Waals surface area contributed by atoms with Crippen LogP contribution in [0.3, 0.4) is 0 Å². The number of ketones is 1. The Hall–Kier alpha value is -1.61. The van der Waals surface area contributed by atoms with Gasteiger partial charge in [-0.1, -0.05) is 23.7 Å². The molecule has 3 nitrogen and oxygen atoms in total. The van der Waals surface area contributed by atoms with Gasteiger partial charge in [-0.3, -0.25) is 4.79 Å². The van der Waals surface area contributed by atoms with E-state index in [0.29, 0.717) is 23.1 Å². The van der Waals surface area contributed by atoms with Gasteiger partial charge in [0.15, 0.2) is 17.4 Å². The molecule has 0 saturated heterocycles. The fourth-order valence-electron chi connectivity index (χ4n) is 1.33. The van der Waals surface area contributed by atoms with Crippen LogP contribution in [-0.4, -0.2) is 10.8 Å². The molecule has 4 heteroatoms. The molecule has 1 heterocycles. The molecule has 0 spiro atoms. The lowest BCUT2D eigenvalue weighted by Crippen LogP contribution is -1.88. The summed E-state index contributed by atoms with van der Waals surface area (Å²) in [6.45, 7) is 1.45. The molecule has 0 aliphatic carbocycles. The minimum atomic E-state index is -0.116. The number of Topliss-reactive ketones (excluding diaryl/α,β-unsaturated/α-hetero) is 1. The second kappa shape index (κ2) is 4.49. The minimum Gasteiger partial charge on any atom is -0.437 e. The lowest BCUT2D eigenvalue weighted by atomic mass is 10.1. The predicted octanol–water partition coefficient (Wildman–Crippen LogP) is 3.12. The minimum absolute atomic E-state index is 0.116. The van der Waals surface area contributed by atoms with E-state index in [1.165, 1.54) is 13.1 Å². The van der Waals surface area contributed by atoms with E-state index in [0.717, 1.165) is 5.56 Å². The molecule has 0 saturated carbocycles. The van der Waals surface area contributed by atoms with Crippen molar-refractivity contribution in [3.05, 3.63) is 52.7 Å². The third-order valence-electron chi connectivity index (χ3n) is 2.17. The van der Waals surface area contributed by atoms with E-state index in [1.54, 1.807) is 0 Å². The van der Waals surface area contributed by atoms with Crippen molar-refractivity contribution in [2.75, 3.05) is 0 Å². The van der Waals surface area contributed by atoms with Gasteiger partial charge in [-0.15, -0.1) is 0 Å².